The van der Waals surface area contributed by atoms with Crippen LogP contribution in [-0.4, -0.2) is 66.2 Å². The minimum Gasteiger partial charge on any atom is -0.480 e. The Balaban J connectivity index is 3.87. The molecule has 0 aliphatic heterocycles. The van der Waals surface area contributed by atoms with E-state index in [0.717, 1.165) is 26.1 Å². The molecule has 0 unspecified atom stereocenters. The maximum Gasteiger partial charge on any atom is 0.326 e. The number of aliphatic carboxylic acids is 1. The molecule has 0 aromatic carbocycles. The first-order chi connectivity index (χ1) is 9.54. The largest absolute Gasteiger partial charge is 0.480 e. The summed E-state index contributed by atoms with van der Waals surface area (Å²) in [7, 11) is 0. The van der Waals surface area contributed by atoms with Crippen LogP contribution in [-0.2, 0) is 4.79 Å². The molecule has 0 fully saturated rings. The van der Waals surface area contributed by atoms with E-state index in [2.05, 4.69) is 29.4 Å². The second-order valence-corrected chi connectivity index (χ2v) is 5.44. The Labute approximate surface area is 125 Å². The molecule has 0 bridgehead atoms. The maximum atomic E-state index is 11.6. The molecule has 1 atom stereocenters. The molecule has 20 heavy (non-hydrogen) atoms. The lowest BCUT2D eigenvalue weighted by Crippen LogP contribution is -2.46. The number of carbonyl (C=O) groups excluding carboxylic acids is 1. The van der Waals surface area contributed by atoms with Gasteiger partial charge in [0.15, 0.2) is 0 Å². The van der Waals surface area contributed by atoms with Gasteiger partial charge in [0.25, 0.3) is 0 Å². The molecule has 0 heterocycles. The lowest BCUT2D eigenvalue weighted by Gasteiger charge is -2.18. The number of carboxylic acids is 1. The van der Waals surface area contributed by atoms with Crippen LogP contribution in [0.1, 0.15) is 26.7 Å². The predicted octanol–water partition coefficient (Wildman–Crippen LogP) is 1.22. The number of carboxylic acid groups (broad SMARTS) is 1. The number of rotatable bonds is 11. The first kappa shape index (κ1) is 19.1. The third kappa shape index (κ3) is 9.03. The Kier molecular flexibility index (Phi) is 11.3. The van der Waals surface area contributed by atoms with Crippen LogP contribution in [0.5, 0.6) is 0 Å². The van der Waals surface area contributed by atoms with Gasteiger partial charge in [0.05, 0.1) is 0 Å². The average molecular weight is 305 g/mol. The molecule has 0 radical (unpaired) electrons. The van der Waals surface area contributed by atoms with Crippen LogP contribution in [0.2, 0.25) is 0 Å². The van der Waals surface area contributed by atoms with Crippen molar-refractivity contribution in [1.29, 1.82) is 0 Å². The highest BCUT2D eigenvalue weighted by Gasteiger charge is 2.18. The fourth-order valence-corrected chi connectivity index (χ4v) is 2.22. The van der Waals surface area contributed by atoms with Gasteiger partial charge in [-0.3, -0.25) is 0 Å². The van der Waals surface area contributed by atoms with Crippen LogP contribution in [0.3, 0.4) is 0 Å². The van der Waals surface area contributed by atoms with E-state index in [-0.39, 0.29) is 0 Å². The predicted molar refractivity (Wildman–Crippen MR) is 83.4 cm³/mol. The van der Waals surface area contributed by atoms with Gasteiger partial charge < -0.3 is 20.6 Å². The summed E-state index contributed by atoms with van der Waals surface area (Å²) < 4.78 is 0. The van der Waals surface area contributed by atoms with Crippen molar-refractivity contribution in [3.05, 3.63) is 0 Å². The maximum absolute atomic E-state index is 11.6. The van der Waals surface area contributed by atoms with Crippen molar-refractivity contribution in [2.75, 3.05) is 38.2 Å². The fourth-order valence-electron chi connectivity index (χ4n) is 1.75. The minimum atomic E-state index is -0.989. The summed E-state index contributed by atoms with van der Waals surface area (Å²) in [4.78, 5) is 24.9. The summed E-state index contributed by atoms with van der Waals surface area (Å²) in [6.07, 6.45) is 3.20. The SMILES string of the molecule is CCN(CC)CCCNC(=O)N[C@@H](CCSC)C(=O)O. The van der Waals surface area contributed by atoms with E-state index >= 15 is 0 Å². The van der Waals surface area contributed by atoms with Crippen molar-refractivity contribution in [3.63, 3.8) is 0 Å². The lowest BCUT2D eigenvalue weighted by atomic mass is 10.2. The summed E-state index contributed by atoms with van der Waals surface area (Å²) in [5.41, 5.74) is 0. The van der Waals surface area contributed by atoms with E-state index in [1.165, 1.54) is 0 Å². The van der Waals surface area contributed by atoms with E-state index < -0.39 is 18.0 Å². The zero-order chi connectivity index (χ0) is 15.4. The normalized spacial score (nSPS) is 12.2. The van der Waals surface area contributed by atoms with E-state index in [1.807, 2.05) is 6.26 Å². The molecular formula is C13H27N3O3S. The van der Waals surface area contributed by atoms with Crippen LogP contribution in [0, 0.1) is 0 Å². The van der Waals surface area contributed by atoms with Gasteiger partial charge in [0.1, 0.15) is 6.04 Å². The molecule has 0 saturated carbocycles. The molecular weight excluding hydrogens is 278 g/mol. The van der Waals surface area contributed by atoms with Gasteiger partial charge >= 0.3 is 12.0 Å². The highest BCUT2D eigenvalue weighted by molar-refractivity contribution is 7.98. The zero-order valence-electron chi connectivity index (χ0n) is 12.6. The monoisotopic (exact) mass is 305 g/mol. The van der Waals surface area contributed by atoms with Crippen LogP contribution in [0.15, 0.2) is 0 Å². The van der Waals surface area contributed by atoms with Crippen molar-refractivity contribution in [2.24, 2.45) is 0 Å². The lowest BCUT2D eigenvalue weighted by molar-refractivity contribution is -0.139. The van der Waals surface area contributed by atoms with E-state index in [0.29, 0.717) is 18.7 Å². The Hall–Kier alpha value is -0.950. The van der Waals surface area contributed by atoms with Crippen molar-refractivity contribution in [2.45, 2.75) is 32.7 Å². The molecule has 0 aromatic heterocycles. The number of hydrogen-bond donors (Lipinski definition) is 3. The summed E-state index contributed by atoms with van der Waals surface area (Å²) >= 11 is 1.56. The minimum absolute atomic E-state index is 0.405. The molecule has 0 rings (SSSR count). The number of amides is 2. The van der Waals surface area contributed by atoms with Gasteiger partial charge in [-0.2, -0.15) is 11.8 Å². The third-order valence-corrected chi connectivity index (χ3v) is 3.69. The topological polar surface area (TPSA) is 81.7 Å². The number of thioether (sulfide) groups is 1. The van der Waals surface area contributed by atoms with E-state index in [9.17, 15) is 9.59 Å². The van der Waals surface area contributed by atoms with Crippen molar-refractivity contribution < 1.29 is 14.7 Å². The molecule has 6 nitrogen and oxygen atoms in total. The Morgan fingerprint density at radius 3 is 2.45 bits per heavy atom. The highest BCUT2D eigenvalue weighted by atomic mass is 32.2. The molecule has 0 spiro atoms. The third-order valence-electron chi connectivity index (χ3n) is 3.05. The van der Waals surface area contributed by atoms with Gasteiger partial charge in [-0.05, 0) is 44.5 Å². The average Bonchev–Trinajstić information content (AvgIpc) is 2.43. The zero-order valence-corrected chi connectivity index (χ0v) is 13.5. The number of nitrogens with one attached hydrogen (secondary N) is 2. The fraction of sp³-hybridized carbons (Fsp3) is 0.846. The highest BCUT2D eigenvalue weighted by Crippen LogP contribution is 2.00. The number of nitrogens with zero attached hydrogens (tertiary/aromatic N) is 1. The van der Waals surface area contributed by atoms with Crippen LogP contribution in [0.25, 0.3) is 0 Å². The second-order valence-electron chi connectivity index (χ2n) is 4.45. The summed E-state index contributed by atoms with van der Waals surface area (Å²) in [5.74, 6) is -0.281. The first-order valence-corrected chi connectivity index (χ1v) is 8.42. The Morgan fingerprint density at radius 1 is 1.30 bits per heavy atom. The van der Waals surface area contributed by atoms with Crippen LogP contribution in [0.4, 0.5) is 4.79 Å². The molecule has 0 aliphatic rings. The number of urea groups is 1. The molecule has 0 aromatic rings. The van der Waals surface area contributed by atoms with Gasteiger partial charge in [-0.25, -0.2) is 9.59 Å². The summed E-state index contributed by atoms with van der Waals surface area (Å²) in [5, 5.41) is 14.2. The first-order valence-electron chi connectivity index (χ1n) is 7.03. The van der Waals surface area contributed by atoms with Crippen molar-refractivity contribution in [1.82, 2.24) is 15.5 Å². The van der Waals surface area contributed by atoms with Crippen molar-refractivity contribution in [3.8, 4) is 0 Å². The van der Waals surface area contributed by atoms with E-state index in [1.54, 1.807) is 11.8 Å². The summed E-state index contributed by atoms with van der Waals surface area (Å²) in [6.45, 7) is 7.69. The Bertz CT molecular complexity index is 286. The van der Waals surface area contributed by atoms with Crippen molar-refractivity contribution >= 4 is 23.8 Å². The smallest absolute Gasteiger partial charge is 0.326 e. The molecule has 3 N–H and O–H groups in total. The Morgan fingerprint density at radius 2 is 1.95 bits per heavy atom. The quantitative estimate of drug-likeness (QED) is 0.500. The standard InChI is InChI=1S/C13H27N3O3S/c1-4-16(5-2)9-6-8-14-13(19)15-11(12(17)18)7-10-20-3/h11H,4-10H2,1-3H3,(H,17,18)(H2,14,15,19)/t11-/m0/s1. The molecule has 0 saturated heterocycles. The number of carbonyl (C=O) groups is 2. The van der Waals surface area contributed by atoms with Crippen LogP contribution >= 0.6 is 11.8 Å². The molecule has 0 aliphatic carbocycles. The second kappa shape index (κ2) is 11.8. The number of hydrogen-bond acceptors (Lipinski definition) is 4. The summed E-state index contributed by atoms with van der Waals surface area (Å²) in [6, 6.07) is -1.22. The molecule has 118 valence electrons. The van der Waals surface area contributed by atoms with E-state index in [4.69, 9.17) is 5.11 Å². The molecule has 2 amide bonds. The molecule has 7 heteroatoms. The van der Waals surface area contributed by atoms with Gasteiger partial charge in [-0.15, -0.1) is 0 Å². The van der Waals surface area contributed by atoms with Gasteiger partial charge in [0.2, 0.25) is 0 Å². The van der Waals surface area contributed by atoms with Gasteiger partial charge in [0, 0.05) is 6.54 Å². The van der Waals surface area contributed by atoms with Crippen LogP contribution < -0.4 is 10.6 Å². The van der Waals surface area contributed by atoms with Gasteiger partial charge in [-0.1, -0.05) is 13.8 Å².